The summed E-state index contributed by atoms with van der Waals surface area (Å²) in [6.07, 6.45) is 0. The van der Waals surface area contributed by atoms with Crippen molar-refractivity contribution in [1.82, 2.24) is 0 Å². The molecule has 0 atom stereocenters. The monoisotopic (exact) mass is 335 g/mol. The predicted molar refractivity (Wildman–Crippen MR) is 103 cm³/mol. The van der Waals surface area contributed by atoms with E-state index in [0.717, 1.165) is 50.2 Å². The van der Waals surface area contributed by atoms with Crippen LogP contribution in [0.5, 0.6) is 5.75 Å². The molecule has 0 bridgehead atoms. The molecular formula is C22H25NO2. The smallest absolute Gasteiger partial charge is 0.198 e. The van der Waals surface area contributed by atoms with Crippen molar-refractivity contribution >= 4 is 11.5 Å². The minimum absolute atomic E-state index is 0.0881. The molecule has 3 rings (SSSR count). The summed E-state index contributed by atoms with van der Waals surface area (Å²) in [7, 11) is 1.76. The number of phenolic OH excluding ortho intramolecular Hbond substituents is 1. The first-order valence-electron chi connectivity index (χ1n) is 8.60. The molecule has 0 amide bonds. The van der Waals surface area contributed by atoms with Crippen molar-refractivity contribution < 1.29 is 9.90 Å². The average Bonchev–Trinajstić information content (AvgIpc) is 2.59. The van der Waals surface area contributed by atoms with Crippen LogP contribution in [0.25, 0.3) is 0 Å². The largest absolute Gasteiger partial charge is 0.507 e. The number of carbonyl (C=O) groups excluding carboxylic acids is 1. The van der Waals surface area contributed by atoms with Crippen LogP contribution in [0.15, 0.2) is 4.99 Å². The minimum Gasteiger partial charge on any atom is -0.507 e. The summed E-state index contributed by atoms with van der Waals surface area (Å²) in [6, 6.07) is 0. The number of aromatic hydroxyl groups is 1. The lowest BCUT2D eigenvalue weighted by molar-refractivity contribution is 0.103. The highest BCUT2D eigenvalue weighted by molar-refractivity contribution is 6.32. The number of hydrogen-bond acceptors (Lipinski definition) is 3. The molecule has 3 heteroatoms. The van der Waals surface area contributed by atoms with Gasteiger partial charge in [0.05, 0.1) is 11.3 Å². The van der Waals surface area contributed by atoms with Gasteiger partial charge >= 0.3 is 0 Å². The standard InChI is InChI=1S/C22H25NO2/c1-9-10(2)14(6)18-16(12(9)4)20(23-8)17-13(5)11(3)15(7)21(24)19(17)22(18)25/h24H,1-8H3. The second-order valence-electron chi connectivity index (χ2n) is 7.12. The molecule has 0 heterocycles. The number of phenols is 1. The molecule has 3 nitrogen and oxygen atoms in total. The Morgan fingerprint density at radius 2 is 1.00 bits per heavy atom. The van der Waals surface area contributed by atoms with Gasteiger partial charge in [0, 0.05) is 23.7 Å². The van der Waals surface area contributed by atoms with Gasteiger partial charge in [-0.05, 0) is 87.4 Å². The van der Waals surface area contributed by atoms with Gasteiger partial charge in [-0.2, -0.15) is 0 Å². The number of nitrogens with zero attached hydrogens (tertiary/aromatic N) is 1. The SMILES string of the molecule is CN=C1c2c(C)c(C)c(C)c(C)c2C(=O)c2c(O)c(C)c(C)c(C)c21. The maximum absolute atomic E-state index is 13.4. The van der Waals surface area contributed by atoms with E-state index in [2.05, 4.69) is 25.8 Å². The zero-order valence-electron chi connectivity index (χ0n) is 16.3. The molecule has 1 aliphatic rings. The molecular weight excluding hydrogens is 310 g/mol. The summed E-state index contributed by atoms with van der Waals surface area (Å²) in [6.45, 7) is 14.0. The fourth-order valence-corrected chi connectivity index (χ4v) is 4.02. The van der Waals surface area contributed by atoms with E-state index in [1.54, 1.807) is 7.05 Å². The molecule has 1 N–H and O–H groups in total. The van der Waals surface area contributed by atoms with Crippen LogP contribution in [0.1, 0.15) is 66.0 Å². The summed E-state index contributed by atoms with van der Waals surface area (Å²) in [5.41, 5.74) is 10.8. The maximum atomic E-state index is 13.4. The Labute approximate surface area is 149 Å². The van der Waals surface area contributed by atoms with Gasteiger partial charge in [0.15, 0.2) is 5.78 Å². The molecule has 0 spiro atoms. The lowest BCUT2D eigenvalue weighted by Crippen LogP contribution is -2.27. The van der Waals surface area contributed by atoms with E-state index >= 15 is 0 Å². The van der Waals surface area contributed by atoms with Crippen LogP contribution >= 0.6 is 0 Å². The average molecular weight is 335 g/mol. The summed E-state index contributed by atoms with van der Waals surface area (Å²) in [5.74, 6) is -0.00465. The number of fused-ring (bicyclic) bond motifs is 2. The van der Waals surface area contributed by atoms with E-state index in [9.17, 15) is 9.90 Å². The molecule has 25 heavy (non-hydrogen) atoms. The molecule has 1 aliphatic carbocycles. The zero-order valence-corrected chi connectivity index (χ0v) is 16.3. The molecule has 0 saturated heterocycles. The van der Waals surface area contributed by atoms with Crippen LogP contribution in [-0.4, -0.2) is 23.6 Å². The molecule has 130 valence electrons. The quantitative estimate of drug-likeness (QED) is 0.654. The van der Waals surface area contributed by atoms with Gasteiger partial charge in [-0.1, -0.05) is 0 Å². The van der Waals surface area contributed by atoms with Crippen molar-refractivity contribution in [3.63, 3.8) is 0 Å². The molecule has 2 aromatic rings. The fourth-order valence-electron chi connectivity index (χ4n) is 4.02. The third-order valence-corrected chi connectivity index (χ3v) is 6.18. The van der Waals surface area contributed by atoms with E-state index in [4.69, 9.17) is 0 Å². The molecule has 0 unspecified atom stereocenters. The summed E-state index contributed by atoms with van der Waals surface area (Å²) < 4.78 is 0. The Morgan fingerprint density at radius 3 is 1.48 bits per heavy atom. The normalized spacial score (nSPS) is 14.7. The van der Waals surface area contributed by atoms with E-state index in [1.165, 1.54) is 5.56 Å². The first kappa shape index (κ1) is 17.4. The van der Waals surface area contributed by atoms with Gasteiger partial charge in [0.25, 0.3) is 0 Å². The lowest BCUT2D eigenvalue weighted by atomic mass is 9.74. The van der Waals surface area contributed by atoms with Crippen LogP contribution in [0.4, 0.5) is 0 Å². The van der Waals surface area contributed by atoms with Gasteiger partial charge in [-0.3, -0.25) is 9.79 Å². The molecule has 0 radical (unpaired) electrons. The van der Waals surface area contributed by atoms with E-state index in [0.29, 0.717) is 11.1 Å². The number of carbonyl (C=O) groups is 1. The molecule has 2 aromatic carbocycles. The zero-order chi connectivity index (χ0) is 18.8. The second kappa shape index (κ2) is 5.55. The summed E-state index contributed by atoms with van der Waals surface area (Å²) >= 11 is 0. The highest BCUT2D eigenvalue weighted by atomic mass is 16.3. The number of rotatable bonds is 0. The van der Waals surface area contributed by atoms with Gasteiger partial charge in [0.1, 0.15) is 5.75 Å². The van der Waals surface area contributed by atoms with Gasteiger partial charge in [-0.25, -0.2) is 0 Å². The van der Waals surface area contributed by atoms with Crippen LogP contribution in [0.3, 0.4) is 0 Å². The third kappa shape index (κ3) is 2.05. The van der Waals surface area contributed by atoms with E-state index < -0.39 is 0 Å². The molecule has 0 saturated carbocycles. The molecule has 0 fully saturated rings. The Hall–Kier alpha value is -2.42. The van der Waals surface area contributed by atoms with E-state index in [1.807, 2.05) is 27.7 Å². The number of benzene rings is 2. The maximum Gasteiger partial charge on any atom is 0.198 e. The van der Waals surface area contributed by atoms with Crippen molar-refractivity contribution in [3.8, 4) is 5.75 Å². The Morgan fingerprint density at radius 1 is 0.600 bits per heavy atom. The third-order valence-electron chi connectivity index (χ3n) is 6.18. The first-order valence-corrected chi connectivity index (χ1v) is 8.60. The Kier molecular flexibility index (Phi) is 3.86. The fraction of sp³-hybridized carbons (Fsp3) is 0.364. The predicted octanol–water partition coefficient (Wildman–Crippen LogP) is 4.56. The molecule has 0 aromatic heterocycles. The van der Waals surface area contributed by atoms with Crippen LogP contribution in [0.2, 0.25) is 0 Å². The van der Waals surface area contributed by atoms with Gasteiger partial charge < -0.3 is 5.11 Å². The number of ketones is 1. The van der Waals surface area contributed by atoms with Crippen molar-refractivity contribution in [2.75, 3.05) is 7.05 Å². The van der Waals surface area contributed by atoms with Crippen molar-refractivity contribution in [1.29, 1.82) is 0 Å². The van der Waals surface area contributed by atoms with Gasteiger partial charge in [0.2, 0.25) is 0 Å². The minimum atomic E-state index is -0.0928. The van der Waals surface area contributed by atoms with Crippen LogP contribution in [-0.2, 0) is 0 Å². The Bertz CT molecular complexity index is 919. The van der Waals surface area contributed by atoms with E-state index in [-0.39, 0.29) is 11.5 Å². The topological polar surface area (TPSA) is 49.7 Å². The highest BCUT2D eigenvalue weighted by Crippen LogP contribution is 2.42. The highest BCUT2D eigenvalue weighted by Gasteiger charge is 2.36. The van der Waals surface area contributed by atoms with Crippen molar-refractivity contribution in [2.24, 2.45) is 4.99 Å². The lowest BCUT2D eigenvalue weighted by Gasteiger charge is -2.29. The van der Waals surface area contributed by atoms with Crippen molar-refractivity contribution in [2.45, 2.75) is 48.5 Å². The second-order valence-corrected chi connectivity index (χ2v) is 7.12. The number of aliphatic imine (C=N–C) groups is 1. The summed E-state index contributed by atoms with van der Waals surface area (Å²) in [4.78, 5) is 18.0. The van der Waals surface area contributed by atoms with Gasteiger partial charge in [-0.15, -0.1) is 0 Å². The van der Waals surface area contributed by atoms with Crippen molar-refractivity contribution in [3.05, 3.63) is 61.2 Å². The Balaban J connectivity index is 2.59. The number of hydrogen-bond donors (Lipinski definition) is 1. The van der Waals surface area contributed by atoms with Crippen LogP contribution < -0.4 is 0 Å². The van der Waals surface area contributed by atoms with Crippen LogP contribution in [0, 0.1) is 48.5 Å². The first-order chi connectivity index (χ1) is 11.6. The molecule has 0 aliphatic heterocycles. The summed E-state index contributed by atoms with van der Waals surface area (Å²) in [5, 5.41) is 10.8.